The molecule has 1 saturated heterocycles. The van der Waals surface area contributed by atoms with Crippen LogP contribution in [-0.4, -0.2) is 43.9 Å². The van der Waals surface area contributed by atoms with Crippen LogP contribution in [0.4, 0.5) is 9.59 Å². The molecule has 1 spiro atoms. The summed E-state index contributed by atoms with van der Waals surface area (Å²) in [7, 11) is -2.46. The van der Waals surface area contributed by atoms with E-state index in [0.717, 1.165) is 62.5 Å². The van der Waals surface area contributed by atoms with Gasteiger partial charge in [-0.2, -0.15) is 5.26 Å². The standard InChI is InChI=1S/C28H39ClN4O4SSi/c1-27(2,21-9-6-10-22(29)14-21)18-37-25(35)33-39(17-19-7-4-3-5-8-19)26(36)32-38-23(16-30)13-20-15-28(11-12-28)31-24(20)34/h6,9-10,14,19-20,23,39H,3-5,7-8,11-13,15,17-18H2,1-2H3,(H,31,34)(H,32,36)(H,33,35)/t20?,23-,39-/m0/s1. The predicted octanol–water partition coefficient (Wildman–Crippen LogP) is 5.54. The maximum Gasteiger partial charge on any atom is 0.399 e. The molecule has 39 heavy (non-hydrogen) atoms. The molecule has 0 aromatic heterocycles. The molecule has 2 saturated carbocycles. The number of hydrogen-bond acceptors (Lipinski definition) is 6. The summed E-state index contributed by atoms with van der Waals surface area (Å²) >= 11 is 7.20. The van der Waals surface area contributed by atoms with Crippen molar-refractivity contribution in [1.29, 1.82) is 5.26 Å². The third-order valence-electron chi connectivity index (χ3n) is 8.27. The summed E-state index contributed by atoms with van der Waals surface area (Å²) in [6.07, 6.45) is 8.18. The molecule has 3 aliphatic rings. The fraction of sp³-hybridized carbons (Fsp3) is 0.643. The van der Waals surface area contributed by atoms with Crippen molar-refractivity contribution >= 4 is 50.0 Å². The highest BCUT2D eigenvalue weighted by atomic mass is 35.5. The van der Waals surface area contributed by atoms with Crippen LogP contribution < -0.4 is 15.0 Å². The topological polar surface area (TPSA) is 120 Å². The summed E-state index contributed by atoms with van der Waals surface area (Å²) in [5.74, 6) is 0.208. The Labute approximate surface area is 242 Å². The quantitative estimate of drug-likeness (QED) is 0.230. The lowest BCUT2D eigenvalue weighted by Crippen LogP contribution is -2.50. The number of nitriles is 1. The molecule has 3 fully saturated rings. The normalized spacial score (nSPS) is 21.9. The van der Waals surface area contributed by atoms with Crippen molar-refractivity contribution < 1.29 is 19.1 Å². The zero-order valence-electron chi connectivity index (χ0n) is 22.8. The fourth-order valence-corrected chi connectivity index (χ4v) is 9.22. The minimum Gasteiger partial charge on any atom is -0.449 e. The van der Waals surface area contributed by atoms with E-state index >= 15 is 0 Å². The van der Waals surface area contributed by atoms with E-state index in [-0.39, 0.29) is 29.5 Å². The van der Waals surface area contributed by atoms with E-state index in [9.17, 15) is 19.6 Å². The second-order valence-corrected chi connectivity index (χ2v) is 15.9. The number of rotatable bonds is 11. The van der Waals surface area contributed by atoms with E-state index in [1.807, 2.05) is 32.0 Å². The van der Waals surface area contributed by atoms with Gasteiger partial charge in [0.1, 0.15) is 11.9 Å². The number of carbonyl (C=O) groups excluding carboxylic acids is 3. The predicted molar refractivity (Wildman–Crippen MR) is 156 cm³/mol. The van der Waals surface area contributed by atoms with Crippen molar-refractivity contribution in [2.45, 2.75) is 93.9 Å². The minimum absolute atomic E-state index is 0.00865. The average molecular weight is 591 g/mol. The summed E-state index contributed by atoms with van der Waals surface area (Å²) in [6.45, 7) is 4.09. The van der Waals surface area contributed by atoms with Gasteiger partial charge in [0, 0.05) is 21.9 Å². The van der Waals surface area contributed by atoms with E-state index in [2.05, 4.69) is 21.1 Å². The van der Waals surface area contributed by atoms with Gasteiger partial charge < -0.3 is 19.8 Å². The molecule has 3 N–H and O–H groups in total. The van der Waals surface area contributed by atoms with Crippen LogP contribution in [0.3, 0.4) is 0 Å². The second-order valence-electron chi connectivity index (χ2n) is 12.0. The zero-order chi connectivity index (χ0) is 28.0. The minimum atomic E-state index is -2.46. The van der Waals surface area contributed by atoms with Crippen LogP contribution in [0.15, 0.2) is 24.3 Å². The molecule has 11 heteroatoms. The Bertz CT molecular complexity index is 1100. The first-order valence-electron chi connectivity index (χ1n) is 14.0. The van der Waals surface area contributed by atoms with Gasteiger partial charge >= 0.3 is 6.09 Å². The van der Waals surface area contributed by atoms with E-state index in [1.54, 1.807) is 6.07 Å². The molecule has 8 nitrogen and oxygen atoms in total. The SMILES string of the molecule is CC(C)(COC(=O)N[Si@@H](CC1CCCCC1)C(=O)NS[C@H](C#N)CC1CC2(CC2)NC1=O)c1cccc(Cl)c1. The molecule has 0 bridgehead atoms. The maximum atomic E-state index is 13.3. The highest BCUT2D eigenvalue weighted by Crippen LogP contribution is 2.46. The van der Waals surface area contributed by atoms with Crippen molar-refractivity contribution in [2.24, 2.45) is 11.8 Å². The van der Waals surface area contributed by atoms with Crippen LogP contribution in [0.5, 0.6) is 0 Å². The summed E-state index contributed by atoms with van der Waals surface area (Å²) in [4.78, 5) is 41.4. The second kappa shape index (κ2) is 13.0. The molecule has 0 radical (unpaired) electrons. The lowest BCUT2D eigenvalue weighted by molar-refractivity contribution is -0.122. The molecule has 1 unspecified atom stereocenters. The first-order chi connectivity index (χ1) is 18.6. The van der Waals surface area contributed by atoms with Crippen molar-refractivity contribution in [2.75, 3.05) is 6.61 Å². The third kappa shape index (κ3) is 8.38. The van der Waals surface area contributed by atoms with E-state index in [1.165, 1.54) is 6.42 Å². The highest BCUT2D eigenvalue weighted by Gasteiger charge is 2.52. The lowest BCUT2D eigenvalue weighted by Gasteiger charge is -2.27. The molecule has 4 rings (SSSR count). The molecule has 3 atom stereocenters. The number of ether oxygens (including phenoxy) is 1. The zero-order valence-corrected chi connectivity index (χ0v) is 25.5. The number of hydrogen-bond donors (Lipinski definition) is 3. The largest absolute Gasteiger partial charge is 0.449 e. The smallest absolute Gasteiger partial charge is 0.399 e. The van der Waals surface area contributed by atoms with Crippen molar-refractivity contribution in [3.63, 3.8) is 0 Å². The Balaban J connectivity index is 1.32. The van der Waals surface area contributed by atoms with Gasteiger partial charge in [-0.05, 0) is 67.3 Å². The van der Waals surface area contributed by atoms with Crippen LogP contribution in [0.1, 0.15) is 77.2 Å². The molecule has 1 aromatic rings. The first-order valence-corrected chi connectivity index (χ1v) is 17.2. The van der Waals surface area contributed by atoms with Gasteiger partial charge in [-0.3, -0.25) is 9.59 Å². The highest BCUT2D eigenvalue weighted by molar-refractivity contribution is 7.98. The first kappa shape index (κ1) is 29.8. The molecule has 1 aromatic carbocycles. The Morgan fingerprint density at radius 3 is 2.69 bits per heavy atom. The van der Waals surface area contributed by atoms with Crippen molar-refractivity contribution in [3.8, 4) is 6.07 Å². The Kier molecular flexibility index (Phi) is 9.89. The van der Waals surface area contributed by atoms with Gasteiger partial charge in [-0.15, -0.1) is 0 Å². The maximum absolute atomic E-state index is 13.3. The van der Waals surface area contributed by atoms with Crippen LogP contribution >= 0.6 is 23.5 Å². The van der Waals surface area contributed by atoms with Gasteiger partial charge in [-0.1, -0.05) is 69.7 Å². The fourth-order valence-electron chi connectivity index (χ4n) is 5.65. The molecule has 1 aliphatic heterocycles. The Morgan fingerprint density at radius 1 is 1.31 bits per heavy atom. The van der Waals surface area contributed by atoms with Crippen LogP contribution in [0.2, 0.25) is 11.1 Å². The number of benzene rings is 1. The number of nitrogens with zero attached hydrogens (tertiary/aromatic N) is 1. The average Bonchev–Trinajstić information content (AvgIpc) is 3.59. The van der Waals surface area contributed by atoms with E-state index in [4.69, 9.17) is 16.3 Å². The molecule has 2 aliphatic carbocycles. The summed E-state index contributed by atoms with van der Waals surface area (Å²) in [5.41, 5.74) is 0.247. The monoisotopic (exact) mass is 590 g/mol. The number of halogens is 1. The molecular formula is C28H39ClN4O4SSi. The van der Waals surface area contributed by atoms with Crippen molar-refractivity contribution in [1.82, 2.24) is 15.0 Å². The van der Waals surface area contributed by atoms with Gasteiger partial charge in [0.2, 0.25) is 20.4 Å². The van der Waals surface area contributed by atoms with Crippen molar-refractivity contribution in [3.05, 3.63) is 34.9 Å². The van der Waals surface area contributed by atoms with Gasteiger partial charge in [0.15, 0.2) is 0 Å². The Morgan fingerprint density at radius 2 is 2.05 bits per heavy atom. The van der Waals surface area contributed by atoms with Gasteiger partial charge in [0.25, 0.3) is 0 Å². The van der Waals surface area contributed by atoms with E-state index < -0.39 is 25.7 Å². The molecule has 3 amide bonds. The van der Waals surface area contributed by atoms with Crippen LogP contribution in [0, 0.1) is 23.2 Å². The molecule has 212 valence electrons. The number of amides is 3. The third-order valence-corrected chi connectivity index (χ3v) is 12.1. The number of nitrogens with one attached hydrogen (secondary N) is 3. The lowest BCUT2D eigenvalue weighted by atomic mass is 9.86. The number of carbonyl (C=O) groups is 3. The molecule has 1 heterocycles. The molecular weight excluding hydrogens is 552 g/mol. The van der Waals surface area contributed by atoms with Gasteiger partial charge in [-0.25, -0.2) is 4.79 Å². The summed E-state index contributed by atoms with van der Waals surface area (Å²) < 4.78 is 8.46. The van der Waals surface area contributed by atoms with Gasteiger partial charge in [0.05, 0.1) is 6.07 Å². The Hall–Kier alpha value is -2.22. The van der Waals surface area contributed by atoms with Crippen LogP contribution in [0.25, 0.3) is 0 Å². The summed E-state index contributed by atoms with van der Waals surface area (Å²) in [5, 5.41) is 12.8. The van der Waals surface area contributed by atoms with Crippen LogP contribution in [-0.2, 0) is 14.9 Å². The van der Waals surface area contributed by atoms with E-state index in [0.29, 0.717) is 23.4 Å². The summed E-state index contributed by atoms with van der Waals surface area (Å²) in [6, 6.07) is 10.4.